The summed E-state index contributed by atoms with van der Waals surface area (Å²) in [6.07, 6.45) is -3.17. The van der Waals surface area contributed by atoms with Gasteiger partial charge in [0, 0.05) is 12.0 Å². The molecule has 0 saturated carbocycles. The summed E-state index contributed by atoms with van der Waals surface area (Å²) in [6, 6.07) is 0. The maximum absolute atomic E-state index is 10.7. The first-order chi connectivity index (χ1) is 7.82. The van der Waals surface area contributed by atoms with E-state index in [2.05, 4.69) is 6.58 Å². The number of rotatable bonds is 4. The first-order valence-electron chi connectivity index (χ1n) is 4.72. The van der Waals surface area contributed by atoms with Crippen molar-refractivity contribution in [3.8, 4) is 0 Å². The molecule has 94 valence electrons. The summed E-state index contributed by atoms with van der Waals surface area (Å²) in [6.45, 7) is 3.10. The lowest BCUT2D eigenvalue weighted by molar-refractivity contribution is -0.141. The minimum Gasteiger partial charge on any atom is -0.480 e. The van der Waals surface area contributed by atoms with Crippen molar-refractivity contribution in [3.63, 3.8) is 0 Å². The molecule has 4 N–H and O–H groups in total. The smallest absolute Gasteiger partial charge is 0.370 e. The van der Waals surface area contributed by atoms with Crippen molar-refractivity contribution < 1.29 is 34.8 Å². The Bertz CT molecular complexity index is 384. The van der Waals surface area contributed by atoms with Crippen molar-refractivity contribution in [2.45, 2.75) is 24.7 Å². The predicted octanol–water partition coefficient (Wildman–Crippen LogP) is -0.894. The number of carboxylic acid groups (broad SMARTS) is 2. The Morgan fingerprint density at radius 3 is 2.41 bits per heavy atom. The number of hydrogen-bond acceptors (Lipinski definition) is 5. The number of aliphatic hydroxyl groups is 2. The molecule has 1 rings (SSSR count). The highest BCUT2D eigenvalue weighted by Gasteiger charge is 2.35. The van der Waals surface area contributed by atoms with Crippen LogP contribution in [-0.2, 0) is 14.3 Å². The van der Waals surface area contributed by atoms with E-state index in [9.17, 15) is 19.8 Å². The summed E-state index contributed by atoms with van der Waals surface area (Å²) in [5.41, 5.74) is -0.147. The molecule has 0 aromatic heterocycles. The van der Waals surface area contributed by atoms with Crippen LogP contribution in [0.25, 0.3) is 0 Å². The molecule has 0 unspecified atom stereocenters. The molecule has 0 fully saturated rings. The van der Waals surface area contributed by atoms with E-state index in [0.29, 0.717) is 0 Å². The fourth-order valence-corrected chi connectivity index (χ4v) is 1.43. The van der Waals surface area contributed by atoms with Crippen LogP contribution in [0.4, 0.5) is 0 Å². The van der Waals surface area contributed by atoms with Crippen LogP contribution >= 0.6 is 0 Å². The van der Waals surface area contributed by atoms with Gasteiger partial charge in [-0.1, -0.05) is 0 Å². The molecular weight excluding hydrogens is 232 g/mol. The Hall–Kier alpha value is -1.86. The monoisotopic (exact) mass is 244 g/mol. The standard InChI is InChI=1S/C10H12O7/c1-4(9(13)14)17-7-3-5(10(15)16)2-6(11)8(7)12/h2,6-8,11-12H,1,3H2,(H,13,14)(H,15,16)/t6-,7-,8-/m1/s1. The van der Waals surface area contributed by atoms with Gasteiger partial charge in [-0.05, 0) is 12.7 Å². The molecular formula is C10H12O7. The lowest BCUT2D eigenvalue weighted by Gasteiger charge is -2.30. The Morgan fingerprint density at radius 1 is 1.35 bits per heavy atom. The van der Waals surface area contributed by atoms with Crippen molar-refractivity contribution in [1.82, 2.24) is 0 Å². The van der Waals surface area contributed by atoms with Gasteiger partial charge in [0.15, 0.2) is 5.76 Å². The lowest BCUT2D eigenvalue weighted by atomic mass is 9.92. The van der Waals surface area contributed by atoms with E-state index >= 15 is 0 Å². The zero-order valence-electron chi connectivity index (χ0n) is 8.74. The molecule has 0 heterocycles. The number of hydrogen-bond donors (Lipinski definition) is 4. The minimum absolute atomic E-state index is 0.147. The topological polar surface area (TPSA) is 124 Å². The van der Waals surface area contributed by atoms with E-state index in [4.69, 9.17) is 14.9 Å². The summed E-state index contributed by atoms with van der Waals surface area (Å²) < 4.78 is 4.81. The van der Waals surface area contributed by atoms with Gasteiger partial charge in [0.25, 0.3) is 0 Å². The highest BCUT2D eigenvalue weighted by atomic mass is 16.5. The normalized spacial score (nSPS) is 28.1. The van der Waals surface area contributed by atoms with Crippen LogP contribution < -0.4 is 0 Å². The van der Waals surface area contributed by atoms with Gasteiger partial charge in [0.2, 0.25) is 0 Å². The van der Waals surface area contributed by atoms with Gasteiger partial charge in [-0.2, -0.15) is 0 Å². The second-order valence-electron chi connectivity index (χ2n) is 3.57. The van der Waals surface area contributed by atoms with Crippen LogP contribution in [0.3, 0.4) is 0 Å². The third-order valence-electron chi connectivity index (χ3n) is 2.33. The van der Waals surface area contributed by atoms with Crippen LogP contribution in [0.15, 0.2) is 24.0 Å². The molecule has 0 spiro atoms. The zero-order chi connectivity index (χ0) is 13.2. The largest absolute Gasteiger partial charge is 0.480 e. The average molecular weight is 244 g/mol. The maximum atomic E-state index is 10.7. The van der Waals surface area contributed by atoms with Crippen LogP contribution in [0, 0.1) is 0 Å². The van der Waals surface area contributed by atoms with Gasteiger partial charge in [-0.15, -0.1) is 0 Å². The molecule has 1 aliphatic rings. The van der Waals surface area contributed by atoms with Gasteiger partial charge in [-0.3, -0.25) is 0 Å². The minimum atomic E-state index is -1.42. The van der Waals surface area contributed by atoms with E-state index < -0.39 is 36.0 Å². The Morgan fingerprint density at radius 2 is 1.94 bits per heavy atom. The molecule has 17 heavy (non-hydrogen) atoms. The SMILES string of the molecule is C=C(O[C@@H]1CC(C(=O)O)=C[C@@H](O)[C@H]1O)C(=O)O. The van der Waals surface area contributed by atoms with E-state index in [-0.39, 0.29) is 12.0 Å². The van der Waals surface area contributed by atoms with E-state index in [1.54, 1.807) is 0 Å². The molecule has 7 nitrogen and oxygen atoms in total. The van der Waals surface area contributed by atoms with Crippen molar-refractivity contribution in [2.24, 2.45) is 0 Å². The second-order valence-corrected chi connectivity index (χ2v) is 3.57. The van der Waals surface area contributed by atoms with Gasteiger partial charge < -0.3 is 25.2 Å². The molecule has 0 saturated heterocycles. The summed E-state index contributed by atoms with van der Waals surface area (Å²) in [5.74, 6) is -3.29. The molecule has 0 aromatic rings. The van der Waals surface area contributed by atoms with Gasteiger partial charge >= 0.3 is 11.9 Å². The van der Waals surface area contributed by atoms with Crippen molar-refractivity contribution in [3.05, 3.63) is 24.0 Å². The molecule has 3 atom stereocenters. The molecule has 7 heteroatoms. The fraction of sp³-hybridized carbons (Fsp3) is 0.400. The molecule has 0 bridgehead atoms. The summed E-state index contributed by atoms with van der Waals surface area (Å²) in [4.78, 5) is 21.2. The first kappa shape index (κ1) is 13.2. The second kappa shape index (κ2) is 4.98. The number of ether oxygens (including phenoxy) is 1. The summed E-state index contributed by atoms with van der Waals surface area (Å²) >= 11 is 0. The van der Waals surface area contributed by atoms with Crippen LogP contribution in [0.5, 0.6) is 0 Å². The predicted molar refractivity (Wildman–Crippen MR) is 54.0 cm³/mol. The highest BCUT2D eigenvalue weighted by molar-refractivity contribution is 5.87. The average Bonchev–Trinajstić information content (AvgIpc) is 2.23. The van der Waals surface area contributed by atoms with Crippen LogP contribution in [-0.4, -0.2) is 50.7 Å². The lowest BCUT2D eigenvalue weighted by Crippen LogP contribution is -2.42. The number of aliphatic hydroxyl groups excluding tert-OH is 2. The first-order valence-corrected chi connectivity index (χ1v) is 4.72. The quantitative estimate of drug-likeness (QED) is 0.373. The van der Waals surface area contributed by atoms with E-state index in [1.807, 2.05) is 0 Å². The van der Waals surface area contributed by atoms with Crippen LogP contribution in [0.1, 0.15) is 6.42 Å². The molecule has 1 aliphatic carbocycles. The molecule has 0 aromatic carbocycles. The maximum Gasteiger partial charge on any atom is 0.370 e. The van der Waals surface area contributed by atoms with Crippen molar-refractivity contribution in [2.75, 3.05) is 0 Å². The highest BCUT2D eigenvalue weighted by Crippen LogP contribution is 2.23. The number of aliphatic carboxylic acids is 2. The van der Waals surface area contributed by atoms with E-state index in [1.165, 1.54) is 0 Å². The van der Waals surface area contributed by atoms with E-state index in [0.717, 1.165) is 6.08 Å². The van der Waals surface area contributed by atoms with Crippen molar-refractivity contribution in [1.29, 1.82) is 0 Å². The van der Waals surface area contributed by atoms with Gasteiger partial charge in [-0.25, -0.2) is 9.59 Å². The summed E-state index contributed by atoms with van der Waals surface area (Å²) in [7, 11) is 0. The van der Waals surface area contributed by atoms with Crippen molar-refractivity contribution >= 4 is 11.9 Å². The molecule has 0 amide bonds. The Balaban J connectivity index is 2.81. The van der Waals surface area contributed by atoms with Gasteiger partial charge in [0.05, 0.1) is 0 Å². The number of carbonyl (C=O) groups is 2. The third-order valence-corrected chi connectivity index (χ3v) is 2.33. The zero-order valence-corrected chi connectivity index (χ0v) is 8.74. The van der Waals surface area contributed by atoms with Gasteiger partial charge in [0.1, 0.15) is 18.3 Å². The molecule has 0 radical (unpaired) electrons. The van der Waals surface area contributed by atoms with Crippen LogP contribution in [0.2, 0.25) is 0 Å². The Labute approximate surface area is 96.3 Å². The third kappa shape index (κ3) is 3.05. The fourth-order valence-electron chi connectivity index (χ4n) is 1.43. The Kier molecular flexibility index (Phi) is 3.87. The number of carboxylic acids is 2. The molecule has 0 aliphatic heterocycles. The summed E-state index contributed by atoms with van der Waals surface area (Å²) in [5, 5.41) is 36.2.